The molecular weight excluding hydrogens is 419 g/mol. The predicted molar refractivity (Wildman–Crippen MR) is 109 cm³/mol. The number of carbonyl (C=O) groups excluding carboxylic acids is 1. The molecule has 3 aromatic heterocycles. The molecule has 1 atom stereocenters. The number of nitrogens with one attached hydrogen (secondary N) is 1. The van der Waals surface area contributed by atoms with Gasteiger partial charge < -0.3 is 15.2 Å². The van der Waals surface area contributed by atoms with E-state index in [2.05, 4.69) is 25.6 Å². The first kappa shape index (κ1) is 21.5. The highest BCUT2D eigenvalue weighted by Crippen LogP contribution is 2.27. The molecule has 4 rings (SSSR count). The van der Waals surface area contributed by atoms with Crippen LogP contribution in [0.4, 0.5) is 4.39 Å². The van der Waals surface area contributed by atoms with E-state index in [4.69, 9.17) is 4.74 Å². The number of aromatic carboxylic acids is 1. The summed E-state index contributed by atoms with van der Waals surface area (Å²) in [6.07, 6.45) is 8.96. The van der Waals surface area contributed by atoms with Gasteiger partial charge in [-0.05, 0) is 37.3 Å². The van der Waals surface area contributed by atoms with Gasteiger partial charge in [0.15, 0.2) is 0 Å². The maximum absolute atomic E-state index is 13.5. The zero-order chi connectivity index (χ0) is 22.5. The molecule has 0 saturated carbocycles. The molecule has 0 aliphatic carbocycles. The van der Waals surface area contributed by atoms with Crippen molar-refractivity contribution >= 4 is 11.9 Å². The molecule has 10 nitrogen and oxygen atoms in total. The van der Waals surface area contributed by atoms with Gasteiger partial charge in [0.1, 0.15) is 11.5 Å². The molecule has 0 spiro atoms. The second kappa shape index (κ2) is 9.60. The van der Waals surface area contributed by atoms with Gasteiger partial charge in [-0.2, -0.15) is 0 Å². The number of amides is 1. The number of hydrogen-bond acceptors (Lipinski definition) is 7. The van der Waals surface area contributed by atoms with Crippen molar-refractivity contribution in [3.63, 3.8) is 0 Å². The molecule has 11 heteroatoms. The third-order valence-corrected chi connectivity index (χ3v) is 5.29. The lowest BCUT2D eigenvalue weighted by Crippen LogP contribution is -2.31. The van der Waals surface area contributed by atoms with Crippen molar-refractivity contribution in [2.24, 2.45) is 5.92 Å². The van der Waals surface area contributed by atoms with Crippen LogP contribution in [0.15, 0.2) is 43.1 Å². The number of nitrogens with zero attached hydrogens (tertiary/aromatic N) is 5. The van der Waals surface area contributed by atoms with Gasteiger partial charge in [-0.15, -0.1) is 5.10 Å². The van der Waals surface area contributed by atoms with E-state index in [1.165, 1.54) is 29.3 Å². The van der Waals surface area contributed by atoms with E-state index in [9.17, 15) is 19.1 Å². The molecular formula is C21H21FN6O4. The number of pyridine rings is 2. The average molecular weight is 440 g/mol. The van der Waals surface area contributed by atoms with Crippen LogP contribution in [0.5, 0.6) is 0 Å². The number of halogens is 1. The van der Waals surface area contributed by atoms with E-state index < -0.39 is 23.7 Å². The van der Waals surface area contributed by atoms with E-state index in [1.54, 1.807) is 6.20 Å². The Morgan fingerprint density at radius 1 is 1.16 bits per heavy atom. The molecule has 1 aliphatic heterocycles. The Kier molecular flexibility index (Phi) is 6.45. The van der Waals surface area contributed by atoms with Crippen LogP contribution in [0.3, 0.4) is 0 Å². The summed E-state index contributed by atoms with van der Waals surface area (Å²) >= 11 is 0. The summed E-state index contributed by atoms with van der Waals surface area (Å²) in [6, 6.07) is 2.06. The molecule has 2 N–H and O–H groups in total. The third-order valence-electron chi connectivity index (χ3n) is 5.29. The van der Waals surface area contributed by atoms with E-state index >= 15 is 0 Å². The quantitative estimate of drug-likeness (QED) is 0.571. The molecule has 0 bridgehead atoms. The second-order valence-electron chi connectivity index (χ2n) is 7.53. The minimum Gasteiger partial charge on any atom is -0.478 e. The molecule has 1 aliphatic rings. The van der Waals surface area contributed by atoms with Gasteiger partial charge in [-0.3, -0.25) is 14.8 Å². The van der Waals surface area contributed by atoms with Crippen LogP contribution in [-0.2, 0) is 4.74 Å². The Labute approximate surface area is 182 Å². The van der Waals surface area contributed by atoms with Crippen LogP contribution in [0.25, 0.3) is 5.69 Å². The molecule has 3 aromatic rings. The summed E-state index contributed by atoms with van der Waals surface area (Å²) in [6.45, 7) is 1.30. The van der Waals surface area contributed by atoms with Crippen LogP contribution in [0.1, 0.15) is 51.7 Å². The van der Waals surface area contributed by atoms with E-state index in [1.807, 2.05) is 0 Å². The highest BCUT2D eigenvalue weighted by molar-refractivity contribution is 5.94. The van der Waals surface area contributed by atoms with Gasteiger partial charge in [-0.1, -0.05) is 5.21 Å². The Morgan fingerprint density at radius 2 is 1.91 bits per heavy atom. The van der Waals surface area contributed by atoms with Crippen molar-refractivity contribution in [1.29, 1.82) is 0 Å². The van der Waals surface area contributed by atoms with Crippen molar-refractivity contribution in [2.45, 2.75) is 25.3 Å². The van der Waals surface area contributed by atoms with E-state index in [0.717, 1.165) is 25.1 Å². The van der Waals surface area contributed by atoms with Gasteiger partial charge in [0.25, 0.3) is 5.91 Å². The topological polar surface area (TPSA) is 132 Å². The lowest BCUT2D eigenvalue weighted by Gasteiger charge is -2.26. The Hall–Kier alpha value is -3.73. The lowest BCUT2D eigenvalue weighted by atomic mass is 9.91. The average Bonchev–Trinajstić information content (AvgIpc) is 3.30. The van der Waals surface area contributed by atoms with Crippen LogP contribution >= 0.6 is 0 Å². The molecule has 1 saturated heterocycles. The fraction of sp³-hybridized carbons (Fsp3) is 0.333. The summed E-state index contributed by atoms with van der Waals surface area (Å²) in [7, 11) is 0. The SMILES string of the molecule is O=C(O)c1cncc(-n2cc(C(CC3CCOCC3)NC(=O)c3cncc(F)c3)nn2)c1. The smallest absolute Gasteiger partial charge is 0.337 e. The Bertz CT molecular complexity index is 1110. The largest absolute Gasteiger partial charge is 0.478 e. The van der Waals surface area contributed by atoms with Gasteiger partial charge in [0, 0.05) is 25.6 Å². The van der Waals surface area contributed by atoms with Crippen LogP contribution in [0, 0.1) is 11.7 Å². The first-order valence-corrected chi connectivity index (χ1v) is 10.1. The minimum absolute atomic E-state index is 0.0187. The molecule has 32 heavy (non-hydrogen) atoms. The molecule has 1 unspecified atom stereocenters. The summed E-state index contributed by atoms with van der Waals surface area (Å²) in [5.41, 5.74) is 1.04. The van der Waals surface area contributed by atoms with Crippen LogP contribution < -0.4 is 5.32 Å². The number of carboxylic acid groups (broad SMARTS) is 1. The maximum Gasteiger partial charge on any atom is 0.337 e. The highest BCUT2D eigenvalue weighted by atomic mass is 19.1. The van der Waals surface area contributed by atoms with Crippen molar-refractivity contribution in [1.82, 2.24) is 30.3 Å². The zero-order valence-corrected chi connectivity index (χ0v) is 17.0. The standard InChI is InChI=1S/C21H21FN6O4/c22-16-6-14(8-23-10-16)20(29)25-18(5-13-1-3-32-4-2-13)19-12-28(27-26-19)17-7-15(21(30)31)9-24-11-17/h6-13,18H,1-5H2,(H,25,29)(H,30,31). The summed E-state index contributed by atoms with van der Waals surface area (Å²) in [5.74, 6) is -1.87. The van der Waals surface area contributed by atoms with E-state index in [0.29, 0.717) is 36.9 Å². The fourth-order valence-electron chi connectivity index (χ4n) is 3.58. The van der Waals surface area contributed by atoms with Gasteiger partial charge in [0.2, 0.25) is 0 Å². The van der Waals surface area contributed by atoms with Crippen molar-refractivity contribution in [2.75, 3.05) is 13.2 Å². The van der Waals surface area contributed by atoms with Gasteiger partial charge >= 0.3 is 5.97 Å². The van der Waals surface area contributed by atoms with Crippen molar-refractivity contribution < 1.29 is 23.8 Å². The maximum atomic E-state index is 13.5. The summed E-state index contributed by atoms with van der Waals surface area (Å²) < 4.78 is 20.3. The number of hydrogen-bond donors (Lipinski definition) is 2. The summed E-state index contributed by atoms with van der Waals surface area (Å²) in [5, 5.41) is 20.4. The number of ether oxygens (including phenoxy) is 1. The first-order valence-electron chi connectivity index (χ1n) is 10.1. The molecule has 166 valence electrons. The number of aromatic nitrogens is 5. The molecule has 4 heterocycles. The first-order chi connectivity index (χ1) is 15.5. The zero-order valence-electron chi connectivity index (χ0n) is 17.0. The molecule has 1 amide bonds. The second-order valence-corrected chi connectivity index (χ2v) is 7.53. The predicted octanol–water partition coefficient (Wildman–Crippen LogP) is 2.18. The number of carbonyl (C=O) groups is 2. The summed E-state index contributed by atoms with van der Waals surface area (Å²) in [4.78, 5) is 31.6. The fourth-order valence-corrected chi connectivity index (χ4v) is 3.58. The Balaban J connectivity index is 1.59. The van der Waals surface area contributed by atoms with E-state index in [-0.39, 0.29) is 11.1 Å². The van der Waals surface area contributed by atoms with Crippen LogP contribution in [-0.4, -0.2) is 55.2 Å². The monoisotopic (exact) mass is 440 g/mol. The van der Waals surface area contributed by atoms with Crippen molar-refractivity contribution in [3.8, 4) is 5.69 Å². The molecule has 0 aromatic carbocycles. The minimum atomic E-state index is -1.10. The number of carboxylic acids is 1. The van der Waals surface area contributed by atoms with Crippen LogP contribution in [0.2, 0.25) is 0 Å². The molecule has 1 fully saturated rings. The van der Waals surface area contributed by atoms with Gasteiger partial charge in [-0.25, -0.2) is 13.9 Å². The molecule has 0 radical (unpaired) electrons. The Morgan fingerprint density at radius 3 is 2.66 bits per heavy atom. The highest BCUT2D eigenvalue weighted by Gasteiger charge is 2.25. The third kappa shape index (κ3) is 5.11. The normalized spacial score (nSPS) is 15.3. The van der Waals surface area contributed by atoms with Crippen molar-refractivity contribution in [3.05, 3.63) is 65.8 Å². The lowest BCUT2D eigenvalue weighted by molar-refractivity contribution is 0.0595. The number of rotatable bonds is 7. The van der Waals surface area contributed by atoms with Gasteiger partial charge in [0.05, 0.1) is 41.4 Å².